The minimum absolute atomic E-state index is 0.0722. The Bertz CT molecular complexity index is 1140. The number of anilines is 2. The number of nitrogens with zero attached hydrogens (tertiary/aromatic N) is 4. The van der Waals surface area contributed by atoms with Crippen LogP contribution < -0.4 is 5.32 Å². The highest BCUT2D eigenvalue weighted by Crippen LogP contribution is 2.32. The highest BCUT2D eigenvalue weighted by Gasteiger charge is 2.23. The van der Waals surface area contributed by atoms with Crippen LogP contribution in [0.1, 0.15) is 43.8 Å². The minimum atomic E-state index is -0.429. The van der Waals surface area contributed by atoms with Crippen LogP contribution in [-0.2, 0) is 0 Å². The van der Waals surface area contributed by atoms with Gasteiger partial charge in [0.05, 0.1) is 21.7 Å². The van der Waals surface area contributed by atoms with Crippen LogP contribution in [0.15, 0.2) is 61.1 Å². The van der Waals surface area contributed by atoms with Crippen molar-refractivity contribution in [2.45, 2.75) is 32.7 Å². The fraction of sp³-hybridized carbons (Fsp3) is 0.286. The Labute approximate surface area is 168 Å². The largest absolute Gasteiger partial charge is 0.332 e. The summed E-state index contributed by atoms with van der Waals surface area (Å²) < 4.78 is 37.3. The van der Waals surface area contributed by atoms with Crippen molar-refractivity contribution in [1.82, 2.24) is 19.7 Å². The summed E-state index contributed by atoms with van der Waals surface area (Å²) in [5, 5.41) is 7.82. The van der Waals surface area contributed by atoms with Crippen LogP contribution in [0.5, 0.6) is 0 Å². The quantitative estimate of drug-likeness (QED) is 0.449. The van der Waals surface area contributed by atoms with Gasteiger partial charge in [0.25, 0.3) is 0 Å². The molecule has 2 heterocycles. The number of aromatic nitrogens is 4. The summed E-state index contributed by atoms with van der Waals surface area (Å²) in [6.45, 7) is 4.11. The molecule has 4 rings (SSSR count). The van der Waals surface area contributed by atoms with Crippen molar-refractivity contribution >= 4 is 32.4 Å². The third kappa shape index (κ3) is 3.71. The normalized spacial score (nSPS) is 14.6. The molecular weight excluding hydrogens is 354 g/mol. The van der Waals surface area contributed by atoms with Gasteiger partial charge in [0.1, 0.15) is 12.7 Å². The highest BCUT2D eigenvalue weighted by atomic mass is 32.1. The zero-order chi connectivity index (χ0) is 22.1. The van der Waals surface area contributed by atoms with Crippen LogP contribution in [0.3, 0.4) is 0 Å². The smallest absolute Gasteiger partial charge is 0.188 e. The molecule has 0 amide bonds. The fourth-order valence-electron chi connectivity index (χ4n) is 3.25. The lowest BCUT2D eigenvalue weighted by Gasteiger charge is -2.26. The van der Waals surface area contributed by atoms with Crippen molar-refractivity contribution in [3.8, 4) is 0 Å². The first-order valence-corrected chi connectivity index (χ1v) is 9.84. The van der Waals surface area contributed by atoms with Crippen molar-refractivity contribution in [3.63, 3.8) is 0 Å². The Morgan fingerprint density at radius 2 is 1.93 bits per heavy atom. The summed E-state index contributed by atoms with van der Waals surface area (Å²) in [5.74, 6) is 0.0942. The maximum absolute atomic E-state index is 8.71. The van der Waals surface area contributed by atoms with E-state index in [1.165, 1.54) is 17.7 Å². The molecule has 2 aromatic carbocycles. The molecule has 2 aromatic heterocycles. The van der Waals surface area contributed by atoms with Crippen LogP contribution in [-0.4, -0.2) is 19.7 Å². The molecule has 5 nitrogen and oxygen atoms in total. The van der Waals surface area contributed by atoms with E-state index in [0.717, 1.165) is 23.1 Å². The number of para-hydroxylation sites is 1. The maximum Gasteiger partial charge on any atom is 0.188 e. The molecule has 4 aromatic rings. The van der Waals surface area contributed by atoms with E-state index in [1.807, 2.05) is 24.3 Å². The van der Waals surface area contributed by atoms with Crippen molar-refractivity contribution in [2.75, 3.05) is 5.32 Å². The number of benzene rings is 2. The first kappa shape index (κ1) is 13.4. The third-order valence-electron chi connectivity index (χ3n) is 4.68. The van der Waals surface area contributed by atoms with Gasteiger partial charge in [0.2, 0.25) is 0 Å². The van der Waals surface area contributed by atoms with Gasteiger partial charge in [-0.1, -0.05) is 62.2 Å². The summed E-state index contributed by atoms with van der Waals surface area (Å²) in [6.07, 6.45) is 4.62. The van der Waals surface area contributed by atoms with E-state index in [2.05, 4.69) is 34.2 Å². The lowest BCUT2D eigenvalue weighted by molar-refractivity contribution is 0.332. The molecule has 1 unspecified atom stereocenters. The SMILES string of the molecule is [2H]c1c([2H])c(C(C(CC)CC)n2cncn2)c([2H])c([2H])c1Nc1nc2ccccc2s1. The van der Waals surface area contributed by atoms with Crippen molar-refractivity contribution in [2.24, 2.45) is 5.92 Å². The predicted molar refractivity (Wildman–Crippen MR) is 112 cm³/mol. The van der Waals surface area contributed by atoms with Gasteiger partial charge in [-0.3, -0.25) is 0 Å². The molecule has 0 bridgehead atoms. The fourth-order valence-corrected chi connectivity index (χ4v) is 4.12. The van der Waals surface area contributed by atoms with E-state index < -0.39 is 6.04 Å². The summed E-state index contributed by atoms with van der Waals surface area (Å²) in [6, 6.07) is 6.87. The standard InChI is InChI=1S/C21H23N5S/c1-3-15(4-2)20(26-14-22-13-23-26)16-9-11-17(12-10-16)24-21-25-18-7-5-6-8-19(18)27-21/h5-15,20H,3-4H2,1-2H3,(H,24,25)/i9D,10D,11D,12D. The zero-order valence-electron chi connectivity index (χ0n) is 19.2. The van der Waals surface area contributed by atoms with Gasteiger partial charge in [-0.25, -0.2) is 14.6 Å². The number of rotatable bonds is 7. The van der Waals surface area contributed by atoms with Crippen LogP contribution in [0.25, 0.3) is 10.2 Å². The lowest BCUT2D eigenvalue weighted by Crippen LogP contribution is -2.20. The Morgan fingerprint density at radius 3 is 2.59 bits per heavy atom. The van der Waals surface area contributed by atoms with E-state index in [9.17, 15) is 0 Å². The molecule has 27 heavy (non-hydrogen) atoms. The van der Waals surface area contributed by atoms with Crippen LogP contribution in [0.4, 0.5) is 10.8 Å². The second-order valence-corrected chi connectivity index (χ2v) is 7.33. The number of nitrogens with one attached hydrogen (secondary N) is 1. The molecule has 0 radical (unpaired) electrons. The molecule has 1 atom stereocenters. The second kappa shape index (κ2) is 7.88. The van der Waals surface area contributed by atoms with Crippen LogP contribution in [0, 0.1) is 5.92 Å². The topological polar surface area (TPSA) is 55.6 Å². The van der Waals surface area contributed by atoms with E-state index in [1.54, 1.807) is 11.0 Å². The Kier molecular flexibility index (Phi) is 3.92. The van der Waals surface area contributed by atoms with Crippen molar-refractivity contribution in [1.29, 1.82) is 0 Å². The summed E-state index contributed by atoms with van der Waals surface area (Å²) in [4.78, 5) is 8.53. The third-order valence-corrected chi connectivity index (χ3v) is 5.63. The predicted octanol–water partition coefficient (Wildman–Crippen LogP) is 5.66. The molecule has 6 heteroatoms. The van der Waals surface area contributed by atoms with Crippen LogP contribution in [0.2, 0.25) is 0 Å². The molecule has 1 N–H and O–H groups in total. The van der Waals surface area contributed by atoms with E-state index in [0.29, 0.717) is 10.7 Å². The van der Waals surface area contributed by atoms with Gasteiger partial charge in [0.15, 0.2) is 5.13 Å². The first-order chi connectivity index (χ1) is 15.0. The Morgan fingerprint density at radius 1 is 1.15 bits per heavy atom. The molecule has 0 fully saturated rings. The van der Waals surface area contributed by atoms with E-state index in [4.69, 9.17) is 5.48 Å². The van der Waals surface area contributed by atoms with E-state index >= 15 is 0 Å². The molecule has 138 valence electrons. The molecular formula is C21H23N5S. The van der Waals surface area contributed by atoms with Gasteiger partial charge < -0.3 is 5.32 Å². The molecule has 0 aliphatic heterocycles. The number of thiazole rings is 1. The van der Waals surface area contributed by atoms with E-state index in [-0.39, 0.29) is 35.8 Å². The monoisotopic (exact) mass is 381 g/mol. The zero-order valence-corrected chi connectivity index (χ0v) is 16.0. The highest BCUT2D eigenvalue weighted by molar-refractivity contribution is 7.22. The van der Waals surface area contributed by atoms with Crippen LogP contribution >= 0.6 is 11.3 Å². The average Bonchev–Trinajstić information content (AvgIpc) is 3.44. The Balaban J connectivity index is 1.82. The number of hydrogen-bond donors (Lipinski definition) is 1. The van der Waals surface area contributed by atoms with Gasteiger partial charge in [-0.05, 0) is 35.7 Å². The molecule has 0 aliphatic rings. The van der Waals surface area contributed by atoms with Crippen molar-refractivity contribution in [3.05, 3.63) is 66.7 Å². The average molecular weight is 382 g/mol. The number of hydrogen-bond acceptors (Lipinski definition) is 5. The summed E-state index contributed by atoms with van der Waals surface area (Å²) in [7, 11) is 0. The molecule has 0 saturated carbocycles. The second-order valence-electron chi connectivity index (χ2n) is 6.30. The van der Waals surface area contributed by atoms with Gasteiger partial charge >= 0.3 is 0 Å². The van der Waals surface area contributed by atoms with Gasteiger partial charge in [-0.2, -0.15) is 5.10 Å². The first-order valence-electron chi connectivity index (χ1n) is 11.0. The summed E-state index contributed by atoms with van der Waals surface area (Å²) in [5.41, 5.74) is 1.28. The van der Waals surface area contributed by atoms with Crippen molar-refractivity contribution < 1.29 is 5.48 Å². The van der Waals surface area contributed by atoms with Gasteiger partial charge in [-0.15, -0.1) is 0 Å². The summed E-state index contributed by atoms with van der Waals surface area (Å²) >= 11 is 1.41. The molecule has 0 aliphatic carbocycles. The number of fused-ring (bicyclic) bond motifs is 1. The Hall–Kier alpha value is -2.73. The van der Waals surface area contributed by atoms with Gasteiger partial charge in [0, 0.05) is 5.69 Å². The molecule has 0 saturated heterocycles. The lowest BCUT2D eigenvalue weighted by atomic mass is 9.89. The molecule has 0 spiro atoms. The maximum atomic E-state index is 8.71. The minimum Gasteiger partial charge on any atom is -0.332 e.